The Hall–Kier alpha value is -2.57. The second kappa shape index (κ2) is 4.74. The summed E-state index contributed by atoms with van der Waals surface area (Å²) >= 11 is 0. The number of nitrogens with two attached hydrogens (primary N) is 1. The molecule has 0 aliphatic heterocycles. The number of nitrogens with zero attached hydrogens (tertiary/aromatic N) is 3. The predicted molar refractivity (Wildman–Crippen MR) is 66.1 cm³/mol. The maximum absolute atomic E-state index is 11.0. The molecule has 2 aromatic rings. The highest BCUT2D eigenvalue weighted by molar-refractivity contribution is 5.94. The summed E-state index contributed by atoms with van der Waals surface area (Å²) in [5, 5.41) is 16.0. The molecule has 0 aromatic carbocycles. The molecule has 94 valence electrons. The van der Waals surface area contributed by atoms with Crippen LogP contribution in [0.5, 0.6) is 0 Å². The normalized spacial score (nSPS) is 10.3. The fourth-order valence-electron chi connectivity index (χ4n) is 1.53. The number of rotatable bonds is 4. The maximum atomic E-state index is 11.0. The summed E-state index contributed by atoms with van der Waals surface area (Å²) in [6, 6.07) is 1.38. The lowest BCUT2D eigenvalue weighted by Crippen LogP contribution is -2.09. The van der Waals surface area contributed by atoms with Gasteiger partial charge in [0.05, 0.1) is 18.1 Å². The summed E-state index contributed by atoms with van der Waals surface area (Å²) in [6.07, 6.45) is 4.95. The molecule has 2 heterocycles. The Morgan fingerprint density at radius 2 is 2.33 bits per heavy atom. The van der Waals surface area contributed by atoms with Crippen molar-refractivity contribution in [2.24, 2.45) is 7.05 Å². The number of aryl methyl sites for hydroxylation is 1. The zero-order valence-electron chi connectivity index (χ0n) is 9.79. The van der Waals surface area contributed by atoms with Crippen molar-refractivity contribution in [1.82, 2.24) is 14.8 Å². The molecule has 2 rings (SSSR count). The molecule has 7 heteroatoms. The van der Waals surface area contributed by atoms with Gasteiger partial charge in [0.1, 0.15) is 11.4 Å². The van der Waals surface area contributed by atoms with Gasteiger partial charge in [0.2, 0.25) is 0 Å². The van der Waals surface area contributed by atoms with Gasteiger partial charge in [-0.1, -0.05) is 0 Å². The minimum atomic E-state index is -1.07. The van der Waals surface area contributed by atoms with Crippen LogP contribution in [0.2, 0.25) is 0 Å². The molecule has 0 aliphatic carbocycles. The van der Waals surface area contributed by atoms with Crippen LogP contribution < -0.4 is 11.1 Å². The summed E-state index contributed by atoms with van der Waals surface area (Å²) in [5.41, 5.74) is 6.82. The van der Waals surface area contributed by atoms with Crippen molar-refractivity contribution in [1.29, 1.82) is 0 Å². The number of anilines is 2. The first-order chi connectivity index (χ1) is 8.56. The topological polar surface area (TPSA) is 106 Å². The van der Waals surface area contributed by atoms with Crippen molar-refractivity contribution in [2.45, 2.75) is 6.54 Å². The Balaban J connectivity index is 2.16. The molecule has 0 saturated carbocycles. The van der Waals surface area contributed by atoms with Gasteiger partial charge in [0.15, 0.2) is 0 Å². The van der Waals surface area contributed by atoms with Gasteiger partial charge >= 0.3 is 5.97 Å². The Morgan fingerprint density at radius 3 is 2.94 bits per heavy atom. The van der Waals surface area contributed by atoms with Crippen molar-refractivity contribution in [2.75, 3.05) is 11.1 Å². The molecule has 0 saturated heterocycles. The molecule has 0 atom stereocenters. The van der Waals surface area contributed by atoms with E-state index in [4.69, 9.17) is 10.8 Å². The fraction of sp³-hybridized carbons (Fsp3) is 0.182. The third kappa shape index (κ3) is 2.57. The molecule has 0 aliphatic rings. The molecular formula is C11H13N5O2. The van der Waals surface area contributed by atoms with Crippen molar-refractivity contribution < 1.29 is 9.90 Å². The van der Waals surface area contributed by atoms with Crippen LogP contribution >= 0.6 is 0 Å². The van der Waals surface area contributed by atoms with Crippen LogP contribution in [-0.2, 0) is 13.6 Å². The Morgan fingerprint density at radius 1 is 1.56 bits per heavy atom. The van der Waals surface area contributed by atoms with E-state index in [1.807, 2.05) is 13.2 Å². The average Bonchev–Trinajstić information content (AvgIpc) is 2.73. The number of carboxylic acids is 1. The summed E-state index contributed by atoms with van der Waals surface area (Å²) in [7, 11) is 1.81. The molecule has 0 unspecified atom stereocenters. The first-order valence-corrected chi connectivity index (χ1v) is 5.26. The molecule has 0 amide bonds. The number of carbonyl (C=O) groups is 1. The van der Waals surface area contributed by atoms with E-state index in [1.165, 1.54) is 12.3 Å². The summed E-state index contributed by atoms with van der Waals surface area (Å²) < 4.78 is 1.67. The standard InChI is InChI=1S/C11H13N5O2/c1-16-6-7(4-15-16)3-13-10-9(11(17)18)2-8(12)5-14-10/h2,4-6H,3,12H2,1H3,(H,13,14)(H,17,18). The first kappa shape index (κ1) is 11.9. The molecule has 2 aromatic heterocycles. The van der Waals surface area contributed by atoms with E-state index in [2.05, 4.69) is 15.4 Å². The smallest absolute Gasteiger partial charge is 0.339 e. The number of nitrogens with one attached hydrogen (secondary N) is 1. The van der Waals surface area contributed by atoms with Crippen LogP contribution in [0.1, 0.15) is 15.9 Å². The van der Waals surface area contributed by atoms with Gasteiger partial charge in [-0.15, -0.1) is 0 Å². The largest absolute Gasteiger partial charge is 0.478 e. The first-order valence-electron chi connectivity index (χ1n) is 5.26. The predicted octanol–water partition coefficient (Wildman–Crippen LogP) is 0.708. The van der Waals surface area contributed by atoms with Crippen LogP contribution in [0.4, 0.5) is 11.5 Å². The minimum absolute atomic E-state index is 0.0545. The van der Waals surface area contributed by atoms with E-state index in [9.17, 15) is 4.79 Å². The number of hydrogen-bond donors (Lipinski definition) is 3. The lowest BCUT2D eigenvalue weighted by Gasteiger charge is -2.07. The number of aromatic nitrogens is 3. The number of nitrogen functional groups attached to an aromatic ring is 1. The Bertz CT molecular complexity index is 579. The summed E-state index contributed by atoms with van der Waals surface area (Å²) in [6.45, 7) is 0.449. The second-order valence-electron chi connectivity index (χ2n) is 3.85. The Labute approximate surface area is 103 Å². The highest BCUT2D eigenvalue weighted by atomic mass is 16.4. The lowest BCUT2D eigenvalue weighted by molar-refractivity contribution is 0.0697. The third-order valence-corrected chi connectivity index (χ3v) is 2.36. The molecule has 0 bridgehead atoms. The quantitative estimate of drug-likeness (QED) is 0.734. The zero-order chi connectivity index (χ0) is 13.1. The van der Waals surface area contributed by atoms with E-state index < -0.39 is 5.97 Å². The van der Waals surface area contributed by atoms with Crippen molar-refractivity contribution in [3.05, 3.63) is 35.8 Å². The minimum Gasteiger partial charge on any atom is -0.478 e. The van der Waals surface area contributed by atoms with Gasteiger partial charge in [-0.25, -0.2) is 9.78 Å². The van der Waals surface area contributed by atoms with Crippen LogP contribution in [0.3, 0.4) is 0 Å². The molecule has 0 radical (unpaired) electrons. The lowest BCUT2D eigenvalue weighted by atomic mass is 10.2. The highest BCUT2D eigenvalue weighted by Gasteiger charge is 2.11. The van der Waals surface area contributed by atoms with Crippen LogP contribution in [-0.4, -0.2) is 25.8 Å². The van der Waals surface area contributed by atoms with E-state index in [0.29, 0.717) is 18.1 Å². The van der Waals surface area contributed by atoms with Gasteiger partial charge in [-0.2, -0.15) is 5.10 Å². The van der Waals surface area contributed by atoms with E-state index in [1.54, 1.807) is 10.9 Å². The number of pyridine rings is 1. The molecule has 4 N–H and O–H groups in total. The molecule has 7 nitrogen and oxygen atoms in total. The van der Waals surface area contributed by atoms with E-state index in [0.717, 1.165) is 5.56 Å². The molecule has 0 fully saturated rings. The average molecular weight is 247 g/mol. The maximum Gasteiger partial charge on any atom is 0.339 e. The fourth-order valence-corrected chi connectivity index (χ4v) is 1.53. The summed E-state index contributed by atoms with van der Waals surface area (Å²) in [5.74, 6) is -0.774. The zero-order valence-corrected chi connectivity index (χ0v) is 9.79. The molecular weight excluding hydrogens is 234 g/mol. The second-order valence-corrected chi connectivity index (χ2v) is 3.85. The third-order valence-electron chi connectivity index (χ3n) is 2.36. The van der Waals surface area contributed by atoms with Crippen LogP contribution in [0.15, 0.2) is 24.7 Å². The number of carboxylic acid groups (broad SMARTS) is 1. The van der Waals surface area contributed by atoms with Crippen molar-refractivity contribution >= 4 is 17.5 Å². The summed E-state index contributed by atoms with van der Waals surface area (Å²) in [4.78, 5) is 15.0. The van der Waals surface area contributed by atoms with Gasteiger partial charge in [0.25, 0.3) is 0 Å². The molecule has 18 heavy (non-hydrogen) atoms. The number of aromatic carboxylic acids is 1. The van der Waals surface area contributed by atoms with Crippen molar-refractivity contribution in [3.63, 3.8) is 0 Å². The van der Waals surface area contributed by atoms with Gasteiger partial charge in [-0.3, -0.25) is 4.68 Å². The van der Waals surface area contributed by atoms with Crippen LogP contribution in [0, 0.1) is 0 Å². The van der Waals surface area contributed by atoms with E-state index >= 15 is 0 Å². The van der Waals surface area contributed by atoms with Crippen LogP contribution in [0.25, 0.3) is 0 Å². The van der Waals surface area contributed by atoms with Crippen molar-refractivity contribution in [3.8, 4) is 0 Å². The van der Waals surface area contributed by atoms with Gasteiger partial charge < -0.3 is 16.2 Å². The molecule has 0 spiro atoms. The van der Waals surface area contributed by atoms with Gasteiger partial charge in [-0.05, 0) is 6.07 Å². The SMILES string of the molecule is Cn1cc(CNc2ncc(N)cc2C(=O)O)cn1. The number of hydrogen-bond acceptors (Lipinski definition) is 5. The Kier molecular flexibility index (Phi) is 3.13. The van der Waals surface area contributed by atoms with Gasteiger partial charge in [0, 0.05) is 25.4 Å². The van der Waals surface area contributed by atoms with E-state index in [-0.39, 0.29) is 5.56 Å². The monoisotopic (exact) mass is 247 g/mol. The highest BCUT2D eigenvalue weighted by Crippen LogP contribution is 2.16.